The van der Waals surface area contributed by atoms with Gasteiger partial charge in [-0.25, -0.2) is 8.42 Å². The number of nitrogens with one attached hydrogen (secondary N) is 1. The molecule has 0 spiro atoms. The molecular formula is C24H26KN3O5S. The molecule has 1 N–H and O–H groups in total. The first-order valence-corrected chi connectivity index (χ1v) is 12.0. The van der Waals surface area contributed by atoms with Gasteiger partial charge in [0.15, 0.2) is 11.2 Å². The van der Waals surface area contributed by atoms with Crippen molar-refractivity contribution in [3.8, 4) is 11.4 Å². The molecule has 0 radical (unpaired) electrons. The van der Waals surface area contributed by atoms with Gasteiger partial charge in [0, 0.05) is 16.8 Å². The molecule has 0 bridgehead atoms. The van der Waals surface area contributed by atoms with Gasteiger partial charge in [0.2, 0.25) is 10.0 Å². The van der Waals surface area contributed by atoms with Gasteiger partial charge in [0.1, 0.15) is 5.75 Å². The third kappa shape index (κ3) is 7.27. The Morgan fingerprint density at radius 3 is 2.21 bits per heavy atom. The molecule has 0 saturated carbocycles. The van der Waals surface area contributed by atoms with Crippen LogP contribution in [0.25, 0.3) is 17.8 Å². The van der Waals surface area contributed by atoms with Gasteiger partial charge in [-0.3, -0.25) is 14.3 Å². The zero-order chi connectivity index (χ0) is 24.4. The number of hydrogen-bond acceptors (Lipinski definition) is 5. The molecular weight excluding hydrogens is 481 g/mol. The Kier molecular flexibility index (Phi) is 9.31. The first kappa shape index (κ1) is 28.3. The standard InChI is InChI=1S/C24H27N3O5S.K/c1-24(2,3)20-15-19(27-13-12-21(28)25-23(27)29)14-17(22(20)32-4)9-6-16-7-10-18(11-8-16)26-33(5,30)31;/h6-15,26H,1-5H3,(H,25,28,29);/q;+1/p-1/b9-6+;. The number of methoxy groups -OCH3 is 1. The zero-order valence-corrected chi connectivity index (χ0v) is 24.1. The number of nitrogens with zero attached hydrogens (tertiary/aromatic N) is 2. The molecule has 0 aliphatic carbocycles. The van der Waals surface area contributed by atoms with Gasteiger partial charge < -0.3 is 14.3 Å². The number of hydrogen-bond donors (Lipinski definition) is 1. The maximum atomic E-state index is 12.3. The summed E-state index contributed by atoms with van der Waals surface area (Å²) in [7, 11) is -1.76. The summed E-state index contributed by atoms with van der Waals surface area (Å²) < 4.78 is 32.2. The Morgan fingerprint density at radius 2 is 1.68 bits per heavy atom. The molecule has 10 heteroatoms. The molecule has 0 aliphatic heterocycles. The normalized spacial score (nSPS) is 11.8. The Morgan fingerprint density at radius 1 is 1.03 bits per heavy atom. The van der Waals surface area contributed by atoms with Crippen molar-refractivity contribution in [1.29, 1.82) is 0 Å². The van der Waals surface area contributed by atoms with Crippen molar-refractivity contribution in [2.24, 2.45) is 0 Å². The van der Waals surface area contributed by atoms with Crippen molar-refractivity contribution < 1.29 is 64.5 Å². The summed E-state index contributed by atoms with van der Waals surface area (Å²) in [5, 5.41) is 0. The quantitative estimate of drug-likeness (QED) is 0.372. The van der Waals surface area contributed by atoms with E-state index < -0.39 is 21.3 Å². The second-order valence-electron chi connectivity index (χ2n) is 8.61. The first-order chi connectivity index (χ1) is 15.4. The number of aromatic nitrogens is 2. The summed E-state index contributed by atoms with van der Waals surface area (Å²) >= 11 is 0. The van der Waals surface area contributed by atoms with Crippen molar-refractivity contribution in [1.82, 2.24) is 9.55 Å². The predicted octanol–water partition coefficient (Wildman–Crippen LogP) is 0.00690. The van der Waals surface area contributed by atoms with Gasteiger partial charge in [-0.2, -0.15) is 0 Å². The number of anilines is 1. The van der Waals surface area contributed by atoms with Gasteiger partial charge in [0.25, 0.3) is 0 Å². The fourth-order valence-corrected chi connectivity index (χ4v) is 3.89. The topological polar surface area (TPSA) is 109 Å². The number of sulfonamides is 1. The third-order valence-corrected chi connectivity index (χ3v) is 5.45. The van der Waals surface area contributed by atoms with Crippen molar-refractivity contribution in [2.45, 2.75) is 26.2 Å². The van der Waals surface area contributed by atoms with Crippen LogP contribution in [0, 0.1) is 0 Å². The van der Waals surface area contributed by atoms with Crippen LogP contribution in [0.5, 0.6) is 5.75 Å². The Labute approximate surface area is 241 Å². The molecule has 34 heavy (non-hydrogen) atoms. The molecule has 0 aliphatic rings. The molecule has 1 heterocycles. The summed E-state index contributed by atoms with van der Waals surface area (Å²) in [5.41, 5.74) is 1.95. The SMILES string of the molecule is COc1c(/C=C/c2ccc(NS(C)(=O)=O)cc2)cc(-n2ccc(=O)[n-]c2=O)cc1C(C)(C)C.[K+]. The molecule has 3 aromatic rings. The minimum atomic E-state index is -3.35. The van der Waals surface area contributed by atoms with Crippen molar-refractivity contribution >= 4 is 27.9 Å². The van der Waals surface area contributed by atoms with E-state index in [1.807, 2.05) is 39.0 Å². The Hall–Kier alpha value is -1.95. The second-order valence-corrected chi connectivity index (χ2v) is 10.4. The van der Waals surface area contributed by atoms with Crippen molar-refractivity contribution in [2.75, 3.05) is 18.1 Å². The molecule has 0 saturated heterocycles. The summed E-state index contributed by atoms with van der Waals surface area (Å²) in [6, 6.07) is 11.8. The minimum absolute atomic E-state index is 0. The summed E-state index contributed by atoms with van der Waals surface area (Å²) in [6.45, 7) is 6.12. The molecule has 174 valence electrons. The molecule has 3 rings (SSSR count). The van der Waals surface area contributed by atoms with Gasteiger partial charge in [-0.1, -0.05) is 57.3 Å². The molecule has 1 aromatic heterocycles. The van der Waals surface area contributed by atoms with Crippen LogP contribution < -0.4 is 77.1 Å². The van der Waals surface area contributed by atoms with Crippen LogP contribution in [-0.2, 0) is 15.4 Å². The number of rotatable bonds is 6. The van der Waals surface area contributed by atoms with Gasteiger partial charge in [-0.05, 0) is 40.9 Å². The van der Waals surface area contributed by atoms with Gasteiger partial charge in [0.05, 0.1) is 13.4 Å². The smallest absolute Gasteiger partial charge is 0.496 e. The van der Waals surface area contributed by atoms with E-state index in [0.717, 1.165) is 22.9 Å². The first-order valence-electron chi connectivity index (χ1n) is 10.1. The fraction of sp³-hybridized carbons (Fsp3) is 0.250. The summed E-state index contributed by atoms with van der Waals surface area (Å²) in [6.07, 6.45) is 6.22. The van der Waals surface area contributed by atoms with Crippen LogP contribution in [0.2, 0.25) is 0 Å². The van der Waals surface area contributed by atoms with Crippen molar-refractivity contribution in [3.63, 3.8) is 0 Å². The zero-order valence-electron chi connectivity index (χ0n) is 20.1. The van der Waals surface area contributed by atoms with E-state index in [1.54, 1.807) is 37.4 Å². The minimum Gasteiger partial charge on any atom is -0.496 e. The van der Waals surface area contributed by atoms with Gasteiger partial charge in [-0.15, -0.1) is 0 Å². The van der Waals surface area contributed by atoms with E-state index in [1.165, 1.54) is 16.8 Å². The van der Waals surface area contributed by atoms with Crippen LogP contribution in [0.3, 0.4) is 0 Å². The van der Waals surface area contributed by atoms with Crippen LogP contribution in [-0.4, -0.2) is 26.4 Å². The number of ether oxygens (including phenoxy) is 1. The molecule has 2 aromatic carbocycles. The van der Waals surface area contributed by atoms with E-state index in [4.69, 9.17) is 4.74 Å². The van der Waals surface area contributed by atoms with Gasteiger partial charge >= 0.3 is 51.4 Å². The van der Waals surface area contributed by atoms with E-state index in [2.05, 4.69) is 9.71 Å². The molecule has 0 atom stereocenters. The average molecular weight is 508 g/mol. The average Bonchev–Trinajstić information content (AvgIpc) is 2.71. The number of benzene rings is 2. The largest absolute Gasteiger partial charge is 1.00 e. The van der Waals surface area contributed by atoms with E-state index >= 15 is 0 Å². The molecule has 8 nitrogen and oxygen atoms in total. The maximum absolute atomic E-state index is 12.3. The van der Waals surface area contributed by atoms with E-state index in [9.17, 15) is 18.0 Å². The monoisotopic (exact) mass is 507 g/mol. The summed E-state index contributed by atoms with van der Waals surface area (Å²) in [5.74, 6) is 0.666. The van der Waals surface area contributed by atoms with Crippen LogP contribution in [0.4, 0.5) is 5.69 Å². The Bertz CT molecular complexity index is 1420. The second kappa shape index (κ2) is 11.2. The maximum Gasteiger partial charge on any atom is 1.00 e. The fourth-order valence-electron chi connectivity index (χ4n) is 3.33. The van der Waals surface area contributed by atoms with Crippen LogP contribution in [0.1, 0.15) is 37.5 Å². The predicted molar refractivity (Wildman–Crippen MR) is 131 cm³/mol. The summed E-state index contributed by atoms with van der Waals surface area (Å²) in [4.78, 5) is 27.3. The van der Waals surface area contributed by atoms with Crippen LogP contribution >= 0.6 is 0 Å². The van der Waals surface area contributed by atoms with Crippen LogP contribution in [0.15, 0.2) is 58.3 Å². The van der Waals surface area contributed by atoms with Crippen molar-refractivity contribution in [3.05, 3.63) is 86.2 Å². The third-order valence-electron chi connectivity index (χ3n) is 4.84. The molecule has 0 unspecified atom stereocenters. The Balaban J connectivity index is 0.00000408. The van der Waals surface area contributed by atoms with E-state index in [0.29, 0.717) is 17.1 Å². The molecule has 0 amide bonds. The van der Waals surface area contributed by atoms with E-state index in [-0.39, 0.29) is 56.8 Å². The molecule has 0 fully saturated rings.